The van der Waals surface area contributed by atoms with Gasteiger partial charge in [0.25, 0.3) is 5.91 Å². The van der Waals surface area contributed by atoms with E-state index in [1.54, 1.807) is 4.90 Å². The van der Waals surface area contributed by atoms with Gasteiger partial charge in [0.15, 0.2) is 0 Å². The molecule has 1 amide bonds. The third-order valence-corrected chi connectivity index (χ3v) is 3.52. The highest BCUT2D eigenvalue weighted by Crippen LogP contribution is 2.19. The summed E-state index contributed by atoms with van der Waals surface area (Å²) in [6.07, 6.45) is 0.901. The van der Waals surface area contributed by atoms with Gasteiger partial charge in [0.1, 0.15) is 0 Å². The van der Waals surface area contributed by atoms with Crippen molar-refractivity contribution in [2.24, 2.45) is 0 Å². The molecule has 1 aliphatic rings. The van der Waals surface area contributed by atoms with E-state index in [9.17, 15) is 4.79 Å². The van der Waals surface area contributed by atoms with Gasteiger partial charge in [-0.15, -0.1) is 0 Å². The van der Waals surface area contributed by atoms with E-state index < -0.39 is 0 Å². The minimum Gasteiger partial charge on any atom is -0.341 e. The van der Waals surface area contributed by atoms with Crippen LogP contribution in [0.1, 0.15) is 40.9 Å². The minimum absolute atomic E-state index is 0.105. The third kappa shape index (κ3) is 3.56. The van der Waals surface area contributed by atoms with Crippen LogP contribution in [-0.4, -0.2) is 24.4 Å². The molecule has 112 valence electrons. The number of carbonyl (C=O) groups is 1. The van der Waals surface area contributed by atoms with Crippen molar-refractivity contribution in [1.82, 2.24) is 4.90 Å². The maximum Gasteiger partial charge on any atom is 0.253 e. The fourth-order valence-electron chi connectivity index (χ4n) is 2.35. The number of amides is 1. The zero-order valence-electron chi connectivity index (χ0n) is 13.4. The van der Waals surface area contributed by atoms with Crippen LogP contribution in [-0.2, 0) is 6.42 Å². The Bertz CT molecular complexity index is 707. The van der Waals surface area contributed by atoms with Crippen molar-refractivity contribution >= 4 is 5.91 Å². The Morgan fingerprint density at radius 3 is 2.36 bits per heavy atom. The molecular weight excluding hydrogens is 270 g/mol. The first-order chi connectivity index (χ1) is 10.7. The zero-order chi connectivity index (χ0) is 15.9. The molecule has 0 fully saturated rings. The molecule has 0 radical (unpaired) electrons. The van der Waals surface area contributed by atoms with E-state index in [2.05, 4.69) is 11.8 Å². The van der Waals surface area contributed by atoms with Gasteiger partial charge in [-0.25, -0.2) is 0 Å². The summed E-state index contributed by atoms with van der Waals surface area (Å²) < 4.78 is 0. The van der Waals surface area contributed by atoms with Gasteiger partial charge in [-0.2, -0.15) is 0 Å². The lowest BCUT2D eigenvalue weighted by Gasteiger charge is -2.24. The van der Waals surface area contributed by atoms with Gasteiger partial charge in [-0.3, -0.25) is 4.79 Å². The van der Waals surface area contributed by atoms with Crippen LogP contribution in [0.3, 0.4) is 0 Å². The van der Waals surface area contributed by atoms with E-state index in [0.717, 1.165) is 35.2 Å². The Labute approximate surface area is 132 Å². The largest absolute Gasteiger partial charge is 0.341 e. The molecule has 0 atom stereocenters. The van der Waals surface area contributed by atoms with E-state index in [1.807, 2.05) is 69.4 Å². The predicted octanol–water partition coefficient (Wildman–Crippen LogP) is 3.74. The summed E-state index contributed by atoms with van der Waals surface area (Å²) in [6, 6.07) is 15.8. The van der Waals surface area contributed by atoms with Gasteiger partial charge in [-0.1, -0.05) is 43.9 Å². The second-order valence-electron chi connectivity index (χ2n) is 4.96. The number of fused-ring (bicyclic) bond motifs is 1. The third-order valence-electron chi connectivity index (χ3n) is 3.52. The Morgan fingerprint density at radius 2 is 1.64 bits per heavy atom. The van der Waals surface area contributed by atoms with Gasteiger partial charge >= 0.3 is 0 Å². The van der Waals surface area contributed by atoms with Crippen molar-refractivity contribution in [3.8, 4) is 11.8 Å². The van der Waals surface area contributed by atoms with Gasteiger partial charge in [0, 0.05) is 30.3 Å². The number of hydrogen-bond acceptors (Lipinski definition) is 1. The Balaban J connectivity index is 0.000000847. The summed E-state index contributed by atoms with van der Waals surface area (Å²) >= 11 is 0. The van der Waals surface area contributed by atoms with Gasteiger partial charge in [0.2, 0.25) is 0 Å². The molecule has 2 aromatic rings. The van der Waals surface area contributed by atoms with Crippen LogP contribution in [0.5, 0.6) is 0 Å². The molecule has 0 saturated carbocycles. The van der Waals surface area contributed by atoms with Crippen LogP contribution in [0, 0.1) is 11.8 Å². The first kappa shape index (κ1) is 15.9. The van der Waals surface area contributed by atoms with E-state index in [1.165, 1.54) is 0 Å². The van der Waals surface area contributed by atoms with Crippen LogP contribution in [0.25, 0.3) is 0 Å². The molecule has 0 N–H and O–H groups in total. The fourth-order valence-corrected chi connectivity index (χ4v) is 2.35. The number of benzene rings is 2. The second kappa shape index (κ2) is 7.47. The first-order valence-electron chi connectivity index (χ1n) is 7.69. The molecule has 3 rings (SSSR count). The molecule has 2 nitrogen and oxygen atoms in total. The Hall–Kier alpha value is -2.53. The van der Waals surface area contributed by atoms with Crippen molar-refractivity contribution in [3.05, 3.63) is 70.8 Å². The monoisotopic (exact) mass is 291 g/mol. The highest BCUT2D eigenvalue weighted by Gasteiger charge is 2.20. The van der Waals surface area contributed by atoms with E-state index in [-0.39, 0.29) is 5.91 Å². The van der Waals surface area contributed by atoms with Gasteiger partial charge in [0.05, 0.1) is 0 Å². The van der Waals surface area contributed by atoms with E-state index >= 15 is 0 Å². The zero-order valence-corrected chi connectivity index (χ0v) is 13.4. The van der Waals surface area contributed by atoms with Crippen LogP contribution in [0.15, 0.2) is 48.5 Å². The lowest BCUT2D eigenvalue weighted by Crippen LogP contribution is -2.34. The molecule has 0 aromatic heterocycles. The highest BCUT2D eigenvalue weighted by molar-refractivity contribution is 5.96. The molecule has 2 aromatic carbocycles. The smallest absolute Gasteiger partial charge is 0.253 e. The van der Waals surface area contributed by atoms with Crippen LogP contribution < -0.4 is 0 Å². The van der Waals surface area contributed by atoms with Crippen molar-refractivity contribution in [1.29, 1.82) is 0 Å². The summed E-state index contributed by atoms with van der Waals surface area (Å²) in [4.78, 5) is 13.8. The standard InChI is InChI=1S/C18H15NO.C2H6/c1-19-12-11-16-13-15(9-10-17(16)18(19)20)8-7-14-5-3-2-4-6-14;1-2/h2-6,9-10,13H,11-12H2,1H3;1-2H3. The SMILES string of the molecule is CC.CN1CCc2cc(C#Cc3ccccc3)ccc2C1=O. The number of rotatable bonds is 0. The molecule has 0 bridgehead atoms. The van der Waals surface area contributed by atoms with E-state index in [4.69, 9.17) is 0 Å². The lowest BCUT2D eigenvalue weighted by molar-refractivity contribution is 0.0781. The molecule has 1 heterocycles. The fraction of sp³-hybridized carbons (Fsp3) is 0.250. The predicted molar refractivity (Wildman–Crippen MR) is 90.9 cm³/mol. The highest BCUT2D eigenvalue weighted by atomic mass is 16.2. The summed E-state index contributed by atoms with van der Waals surface area (Å²) in [6.45, 7) is 4.78. The average molecular weight is 291 g/mol. The molecule has 1 aliphatic heterocycles. The number of carbonyl (C=O) groups excluding carboxylic acids is 1. The summed E-state index contributed by atoms with van der Waals surface area (Å²) in [5, 5.41) is 0. The molecule has 0 unspecified atom stereocenters. The maximum atomic E-state index is 12.0. The number of nitrogens with zero attached hydrogens (tertiary/aromatic N) is 1. The summed E-state index contributed by atoms with van der Waals surface area (Å²) in [5.74, 6) is 6.41. The lowest BCUT2D eigenvalue weighted by atomic mass is 9.97. The average Bonchev–Trinajstić information content (AvgIpc) is 2.59. The molecule has 22 heavy (non-hydrogen) atoms. The molecule has 0 spiro atoms. The molecular formula is C20H21NO. The quantitative estimate of drug-likeness (QED) is 0.677. The van der Waals surface area contributed by atoms with Gasteiger partial charge in [-0.05, 0) is 42.3 Å². The Kier molecular flexibility index (Phi) is 5.38. The normalized spacial score (nSPS) is 12.5. The first-order valence-corrected chi connectivity index (χ1v) is 7.69. The second-order valence-corrected chi connectivity index (χ2v) is 4.96. The number of likely N-dealkylation sites (N-methyl/N-ethyl adjacent to an activating group) is 1. The minimum atomic E-state index is 0.105. The molecule has 2 heteroatoms. The summed E-state index contributed by atoms with van der Waals surface area (Å²) in [7, 11) is 1.84. The van der Waals surface area contributed by atoms with E-state index in [0.29, 0.717) is 0 Å². The summed E-state index contributed by atoms with van der Waals surface area (Å²) in [5.41, 5.74) is 3.88. The van der Waals surface area contributed by atoms with Crippen LogP contribution >= 0.6 is 0 Å². The molecule has 0 saturated heterocycles. The Morgan fingerprint density at radius 1 is 0.955 bits per heavy atom. The van der Waals surface area contributed by atoms with Crippen LogP contribution in [0.2, 0.25) is 0 Å². The van der Waals surface area contributed by atoms with Gasteiger partial charge < -0.3 is 4.90 Å². The van der Waals surface area contributed by atoms with Crippen molar-refractivity contribution in [3.63, 3.8) is 0 Å². The van der Waals surface area contributed by atoms with Crippen molar-refractivity contribution in [2.45, 2.75) is 20.3 Å². The maximum absolute atomic E-state index is 12.0. The van der Waals surface area contributed by atoms with Crippen LogP contribution in [0.4, 0.5) is 0 Å². The topological polar surface area (TPSA) is 20.3 Å². The van der Waals surface area contributed by atoms with Crippen molar-refractivity contribution < 1.29 is 4.79 Å². The molecule has 0 aliphatic carbocycles. The number of hydrogen-bond donors (Lipinski definition) is 0. The van der Waals surface area contributed by atoms with Crippen molar-refractivity contribution in [2.75, 3.05) is 13.6 Å².